The summed E-state index contributed by atoms with van der Waals surface area (Å²) >= 11 is 0. The van der Waals surface area contributed by atoms with Crippen LogP contribution in [0.4, 0.5) is 0 Å². The van der Waals surface area contributed by atoms with Crippen molar-refractivity contribution >= 4 is 5.91 Å². The third kappa shape index (κ3) is 2.35. The number of benzene rings is 1. The minimum atomic E-state index is -0.0445. The van der Waals surface area contributed by atoms with Gasteiger partial charge in [0.05, 0.1) is 0 Å². The van der Waals surface area contributed by atoms with E-state index in [0.717, 1.165) is 5.56 Å². The van der Waals surface area contributed by atoms with Gasteiger partial charge in [0.15, 0.2) is 0 Å². The van der Waals surface area contributed by atoms with Gasteiger partial charge in [0, 0.05) is 11.6 Å². The average Bonchev–Trinajstić information content (AvgIpc) is 2.99. The van der Waals surface area contributed by atoms with Crippen molar-refractivity contribution in [1.82, 2.24) is 5.32 Å². The summed E-state index contributed by atoms with van der Waals surface area (Å²) in [5, 5.41) is 12.3. The zero-order chi connectivity index (χ0) is 11.7. The molecule has 1 fully saturated rings. The van der Waals surface area contributed by atoms with E-state index in [2.05, 4.69) is 5.32 Å². The fraction of sp³-hybridized carbons (Fsp3) is 0.462. The van der Waals surface area contributed by atoms with Crippen LogP contribution in [-0.2, 0) is 0 Å². The van der Waals surface area contributed by atoms with Crippen molar-refractivity contribution in [3.8, 4) is 5.75 Å². The number of nitrogens with one attached hydrogen (secondary N) is 1. The summed E-state index contributed by atoms with van der Waals surface area (Å²) in [7, 11) is 0. The number of amides is 1. The van der Waals surface area contributed by atoms with Crippen molar-refractivity contribution in [2.45, 2.75) is 32.7 Å². The Bertz CT molecular complexity index is 410. The number of carbonyl (C=O) groups excluding carboxylic acids is 1. The molecule has 0 bridgehead atoms. The lowest BCUT2D eigenvalue weighted by Gasteiger charge is -2.14. The summed E-state index contributed by atoms with van der Waals surface area (Å²) in [6, 6.07) is 5.07. The van der Waals surface area contributed by atoms with Crippen LogP contribution in [0.1, 0.15) is 35.7 Å². The molecule has 0 radical (unpaired) electrons. The molecule has 2 N–H and O–H groups in total. The van der Waals surface area contributed by atoms with E-state index in [9.17, 15) is 9.90 Å². The molecule has 0 saturated heterocycles. The lowest BCUT2D eigenvalue weighted by Crippen LogP contribution is -2.34. The molecule has 0 aromatic heterocycles. The molecule has 1 aromatic carbocycles. The second-order valence-corrected chi connectivity index (χ2v) is 4.60. The Hall–Kier alpha value is -1.51. The third-order valence-electron chi connectivity index (χ3n) is 3.14. The van der Waals surface area contributed by atoms with Gasteiger partial charge in [0.2, 0.25) is 0 Å². The molecule has 1 unspecified atom stereocenters. The van der Waals surface area contributed by atoms with Gasteiger partial charge in [-0.25, -0.2) is 0 Å². The van der Waals surface area contributed by atoms with Gasteiger partial charge in [-0.2, -0.15) is 0 Å². The number of aromatic hydroxyl groups is 1. The van der Waals surface area contributed by atoms with E-state index >= 15 is 0 Å². The summed E-state index contributed by atoms with van der Waals surface area (Å²) < 4.78 is 0. The predicted molar refractivity (Wildman–Crippen MR) is 62.5 cm³/mol. The molecule has 1 aliphatic rings. The Balaban J connectivity index is 2.07. The van der Waals surface area contributed by atoms with Crippen molar-refractivity contribution < 1.29 is 9.90 Å². The van der Waals surface area contributed by atoms with Crippen LogP contribution in [0, 0.1) is 12.8 Å². The first-order chi connectivity index (χ1) is 7.58. The van der Waals surface area contributed by atoms with Gasteiger partial charge in [-0.3, -0.25) is 4.79 Å². The van der Waals surface area contributed by atoms with Crippen molar-refractivity contribution in [2.24, 2.45) is 5.92 Å². The zero-order valence-electron chi connectivity index (χ0n) is 9.66. The fourth-order valence-corrected chi connectivity index (χ4v) is 1.90. The van der Waals surface area contributed by atoms with Crippen molar-refractivity contribution in [2.75, 3.05) is 0 Å². The monoisotopic (exact) mass is 219 g/mol. The Morgan fingerprint density at radius 2 is 2.19 bits per heavy atom. The van der Waals surface area contributed by atoms with E-state index < -0.39 is 0 Å². The summed E-state index contributed by atoms with van der Waals surface area (Å²) in [5.41, 5.74) is 1.45. The largest absolute Gasteiger partial charge is 0.508 e. The van der Waals surface area contributed by atoms with Crippen LogP contribution in [0.2, 0.25) is 0 Å². The maximum Gasteiger partial charge on any atom is 0.251 e. The number of hydrogen-bond acceptors (Lipinski definition) is 2. The highest BCUT2D eigenvalue weighted by Crippen LogP contribution is 2.32. The second-order valence-electron chi connectivity index (χ2n) is 4.60. The minimum Gasteiger partial charge on any atom is -0.508 e. The Labute approximate surface area is 95.5 Å². The lowest BCUT2D eigenvalue weighted by molar-refractivity contribution is 0.0935. The van der Waals surface area contributed by atoms with Gasteiger partial charge in [-0.1, -0.05) is 0 Å². The molecule has 1 amide bonds. The molecule has 16 heavy (non-hydrogen) atoms. The van der Waals surface area contributed by atoms with Gasteiger partial charge >= 0.3 is 0 Å². The zero-order valence-corrected chi connectivity index (χ0v) is 9.66. The molecule has 1 atom stereocenters. The predicted octanol–water partition coefficient (Wildman–Crippen LogP) is 2.23. The summed E-state index contributed by atoms with van der Waals surface area (Å²) in [4.78, 5) is 11.9. The molecule has 3 nitrogen and oxygen atoms in total. The molecule has 0 heterocycles. The second kappa shape index (κ2) is 4.16. The first kappa shape index (κ1) is 11.0. The molecule has 1 saturated carbocycles. The molecular formula is C13H17NO2. The number of rotatable bonds is 3. The van der Waals surface area contributed by atoms with Crippen LogP contribution in [0.5, 0.6) is 5.75 Å². The number of aryl methyl sites for hydroxylation is 1. The lowest BCUT2D eigenvalue weighted by atomic mass is 10.1. The van der Waals surface area contributed by atoms with Crippen LogP contribution in [-0.4, -0.2) is 17.1 Å². The van der Waals surface area contributed by atoms with Crippen LogP contribution in [0.3, 0.4) is 0 Å². The van der Waals surface area contributed by atoms with Gasteiger partial charge < -0.3 is 10.4 Å². The normalized spacial score (nSPS) is 16.9. The van der Waals surface area contributed by atoms with E-state index in [-0.39, 0.29) is 17.7 Å². The molecule has 2 rings (SSSR count). The first-order valence-corrected chi connectivity index (χ1v) is 5.68. The molecule has 1 aromatic rings. The SMILES string of the molecule is Cc1cc(O)ccc1C(=O)NC(C)C1CC1. The van der Waals surface area contributed by atoms with Crippen molar-refractivity contribution in [3.05, 3.63) is 29.3 Å². The average molecular weight is 219 g/mol. The smallest absolute Gasteiger partial charge is 0.251 e. The molecule has 3 heteroatoms. The van der Waals surface area contributed by atoms with Gasteiger partial charge in [-0.15, -0.1) is 0 Å². The van der Waals surface area contributed by atoms with Crippen LogP contribution in [0.15, 0.2) is 18.2 Å². The van der Waals surface area contributed by atoms with Crippen LogP contribution >= 0.6 is 0 Å². The standard InChI is InChI=1S/C13H17NO2/c1-8-7-11(15)5-6-12(8)13(16)14-9(2)10-3-4-10/h5-7,9-10,15H,3-4H2,1-2H3,(H,14,16). The van der Waals surface area contributed by atoms with Crippen LogP contribution in [0.25, 0.3) is 0 Å². The number of carbonyl (C=O) groups is 1. The van der Waals surface area contributed by atoms with E-state index in [4.69, 9.17) is 0 Å². The Morgan fingerprint density at radius 3 is 2.75 bits per heavy atom. The summed E-state index contributed by atoms with van der Waals surface area (Å²) in [6.45, 7) is 3.88. The van der Waals surface area contributed by atoms with Gasteiger partial charge in [0.1, 0.15) is 5.75 Å². The van der Waals surface area contributed by atoms with Crippen LogP contribution < -0.4 is 5.32 Å². The van der Waals surface area contributed by atoms with Gasteiger partial charge in [-0.05, 0) is 56.4 Å². The molecular weight excluding hydrogens is 202 g/mol. The van der Waals surface area contributed by atoms with Gasteiger partial charge in [0.25, 0.3) is 5.91 Å². The third-order valence-corrected chi connectivity index (χ3v) is 3.14. The molecule has 1 aliphatic carbocycles. The number of hydrogen-bond donors (Lipinski definition) is 2. The fourth-order valence-electron chi connectivity index (χ4n) is 1.90. The van der Waals surface area contributed by atoms with E-state index in [1.165, 1.54) is 12.8 Å². The van der Waals surface area contributed by atoms with Crippen molar-refractivity contribution in [3.63, 3.8) is 0 Å². The number of phenols is 1. The highest BCUT2D eigenvalue weighted by atomic mass is 16.3. The van der Waals surface area contributed by atoms with E-state index in [1.807, 2.05) is 13.8 Å². The van der Waals surface area contributed by atoms with Crippen molar-refractivity contribution in [1.29, 1.82) is 0 Å². The Kier molecular flexibility index (Phi) is 2.86. The summed E-state index contributed by atoms with van der Waals surface area (Å²) in [6.07, 6.45) is 2.44. The van der Waals surface area contributed by atoms with E-state index in [0.29, 0.717) is 11.5 Å². The molecule has 0 spiro atoms. The minimum absolute atomic E-state index is 0.0445. The number of phenolic OH excluding ortho intramolecular Hbond substituents is 1. The first-order valence-electron chi connectivity index (χ1n) is 5.68. The molecule has 0 aliphatic heterocycles. The maximum absolute atomic E-state index is 11.9. The quantitative estimate of drug-likeness (QED) is 0.819. The highest BCUT2D eigenvalue weighted by molar-refractivity contribution is 5.96. The van der Waals surface area contributed by atoms with E-state index in [1.54, 1.807) is 18.2 Å². The highest BCUT2D eigenvalue weighted by Gasteiger charge is 2.29. The Morgan fingerprint density at radius 1 is 1.50 bits per heavy atom. The maximum atomic E-state index is 11.9. The summed E-state index contributed by atoms with van der Waals surface area (Å²) in [5.74, 6) is 0.808. The molecule has 86 valence electrons. The topological polar surface area (TPSA) is 49.3 Å².